The number of nitrogens with zero attached hydrogens (tertiary/aromatic N) is 5. The summed E-state index contributed by atoms with van der Waals surface area (Å²) in [5.41, 5.74) is 2.33. The third kappa shape index (κ3) is 8.10. The molecule has 56 heavy (non-hydrogen) atoms. The van der Waals surface area contributed by atoms with Crippen molar-refractivity contribution in [1.82, 2.24) is 29.8 Å². The molecule has 7 rings (SSSR count). The summed E-state index contributed by atoms with van der Waals surface area (Å²) < 4.78 is 44.2. The summed E-state index contributed by atoms with van der Waals surface area (Å²) in [4.78, 5) is 64.5. The van der Waals surface area contributed by atoms with Crippen LogP contribution in [0.1, 0.15) is 65.5 Å². The number of aryl methyl sites for hydroxylation is 1. The van der Waals surface area contributed by atoms with E-state index in [0.717, 1.165) is 21.8 Å². The number of rotatable bonds is 10. The first-order valence-electron chi connectivity index (χ1n) is 18.2. The van der Waals surface area contributed by atoms with Crippen LogP contribution >= 0.6 is 0 Å². The highest BCUT2D eigenvalue weighted by Gasteiger charge is 2.46. The highest BCUT2D eigenvalue weighted by molar-refractivity contribution is 7.89. The fraction of sp³-hybridized carbons (Fsp3) is 0.333. The lowest BCUT2D eigenvalue weighted by atomic mass is 10.0. The number of anilines is 5. The van der Waals surface area contributed by atoms with Crippen LogP contribution in [0.25, 0.3) is 0 Å². The van der Waals surface area contributed by atoms with Crippen molar-refractivity contribution < 1.29 is 32.0 Å². The topological polar surface area (TPSA) is 186 Å². The van der Waals surface area contributed by atoms with Gasteiger partial charge < -0.3 is 15.5 Å². The summed E-state index contributed by atoms with van der Waals surface area (Å²) >= 11 is 0. The number of piperidine rings is 1. The van der Waals surface area contributed by atoms with Crippen LogP contribution in [0.4, 0.5) is 33.2 Å². The second kappa shape index (κ2) is 15.0. The van der Waals surface area contributed by atoms with Crippen molar-refractivity contribution in [2.45, 2.75) is 63.6 Å². The van der Waals surface area contributed by atoms with Gasteiger partial charge in [-0.15, -0.1) is 0 Å². The van der Waals surface area contributed by atoms with E-state index < -0.39 is 51.0 Å². The first-order chi connectivity index (χ1) is 26.6. The zero-order valence-electron chi connectivity index (χ0n) is 31.3. The summed E-state index contributed by atoms with van der Waals surface area (Å²) in [6, 6.07) is 16.1. The second-order valence-electron chi connectivity index (χ2n) is 15.1. The van der Waals surface area contributed by atoms with Gasteiger partial charge >= 0.3 is 0 Å². The molecule has 1 unspecified atom stereocenters. The van der Waals surface area contributed by atoms with Gasteiger partial charge in [-0.25, -0.2) is 22.5 Å². The van der Waals surface area contributed by atoms with Gasteiger partial charge in [0.05, 0.1) is 16.0 Å². The molecule has 3 aliphatic heterocycles. The SMILES string of the molecule is Cc1cnc(Nc2ccc(N3CCN(Cc4ccc5c(c4F)C(=O)N(C4CCC(=O)NC4=O)C5=O)CC3)cc2)nc1Nc1cccc(S(=O)(=O)NC(C)(C)C)c1. The Morgan fingerprint density at radius 3 is 2.34 bits per heavy atom. The van der Waals surface area contributed by atoms with Gasteiger partial charge in [0, 0.05) is 79.1 Å². The largest absolute Gasteiger partial charge is 0.369 e. The maximum absolute atomic E-state index is 15.8. The van der Waals surface area contributed by atoms with Crippen LogP contribution in [0, 0.1) is 12.7 Å². The van der Waals surface area contributed by atoms with Gasteiger partial charge in [-0.1, -0.05) is 12.1 Å². The first-order valence-corrected chi connectivity index (χ1v) is 19.7. The molecule has 0 aliphatic carbocycles. The monoisotopic (exact) mass is 783 g/mol. The second-order valence-corrected chi connectivity index (χ2v) is 16.8. The molecule has 4 heterocycles. The third-order valence-electron chi connectivity index (χ3n) is 9.70. The molecule has 292 valence electrons. The van der Waals surface area contributed by atoms with Gasteiger partial charge in [0.25, 0.3) is 11.8 Å². The van der Waals surface area contributed by atoms with Crippen LogP contribution in [0.3, 0.4) is 0 Å². The van der Waals surface area contributed by atoms with E-state index in [-0.39, 0.29) is 41.0 Å². The number of hydrogen-bond donors (Lipinski definition) is 4. The molecule has 4 aromatic rings. The highest BCUT2D eigenvalue weighted by atomic mass is 32.2. The molecule has 0 spiro atoms. The Morgan fingerprint density at radius 2 is 1.64 bits per heavy atom. The lowest BCUT2D eigenvalue weighted by Crippen LogP contribution is -2.54. The summed E-state index contributed by atoms with van der Waals surface area (Å²) in [5, 5.41) is 8.58. The quantitative estimate of drug-likeness (QED) is 0.168. The number of benzene rings is 3. The minimum absolute atomic E-state index is 0.000909. The molecule has 1 aromatic heterocycles. The average Bonchev–Trinajstić information content (AvgIpc) is 3.39. The van der Waals surface area contributed by atoms with Crippen molar-refractivity contribution in [3.05, 3.63) is 94.9 Å². The first kappa shape index (κ1) is 38.5. The molecular formula is C39H42FN9O6S. The van der Waals surface area contributed by atoms with Crippen molar-refractivity contribution in [3.63, 3.8) is 0 Å². The number of sulfonamides is 1. The van der Waals surface area contributed by atoms with Crippen LogP contribution in [0.5, 0.6) is 0 Å². The number of amides is 4. The van der Waals surface area contributed by atoms with Crippen molar-refractivity contribution in [1.29, 1.82) is 0 Å². The maximum atomic E-state index is 15.8. The third-order valence-corrected chi connectivity index (χ3v) is 11.5. The van der Waals surface area contributed by atoms with Crippen molar-refractivity contribution in [2.24, 2.45) is 0 Å². The Bertz CT molecular complexity index is 2340. The minimum atomic E-state index is -3.73. The molecule has 2 fully saturated rings. The van der Waals surface area contributed by atoms with E-state index in [1.54, 1.807) is 45.2 Å². The van der Waals surface area contributed by atoms with Gasteiger partial charge in [-0.2, -0.15) is 4.98 Å². The molecule has 15 nitrogen and oxygen atoms in total. The lowest BCUT2D eigenvalue weighted by molar-refractivity contribution is -0.136. The molecule has 3 aliphatic rings. The van der Waals surface area contributed by atoms with Gasteiger partial charge in [-0.05, 0) is 82.6 Å². The van der Waals surface area contributed by atoms with Gasteiger partial charge in [-0.3, -0.25) is 34.3 Å². The van der Waals surface area contributed by atoms with Crippen molar-refractivity contribution in [3.8, 4) is 0 Å². The van der Waals surface area contributed by atoms with E-state index in [2.05, 4.69) is 40.4 Å². The number of carbonyl (C=O) groups is 4. The van der Waals surface area contributed by atoms with E-state index in [4.69, 9.17) is 0 Å². The number of piperazine rings is 1. The molecule has 0 bridgehead atoms. The van der Waals surface area contributed by atoms with E-state index >= 15 is 4.39 Å². The van der Waals surface area contributed by atoms with E-state index in [1.165, 1.54) is 18.2 Å². The van der Waals surface area contributed by atoms with Gasteiger partial charge in [0.15, 0.2) is 0 Å². The number of fused-ring (bicyclic) bond motifs is 1. The van der Waals surface area contributed by atoms with Crippen LogP contribution in [-0.4, -0.2) is 89.6 Å². The molecule has 3 aromatic carbocycles. The molecule has 0 saturated carbocycles. The molecule has 4 N–H and O–H groups in total. The Balaban J connectivity index is 0.947. The fourth-order valence-corrected chi connectivity index (χ4v) is 8.40. The Labute approximate surface area is 323 Å². The van der Waals surface area contributed by atoms with Crippen LogP contribution in [-0.2, 0) is 26.2 Å². The fourth-order valence-electron chi connectivity index (χ4n) is 6.94. The molecule has 4 amide bonds. The Hall–Kier alpha value is -5.78. The van der Waals surface area contributed by atoms with E-state index in [0.29, 0.717) is 43.6 Å². The molecular weight excluding hydrogens is 742 g/mol. The number of carbonyl (C=O) groups excluding carboxylic acids is 4. The number of aromatic nitrogens is 2. The number of imide groups is 2. The zero-order chi connectivity index (χ0) is 39.9. The van der Waals surface area contributed by atoms with Crippen LogP contribution < -0.4 is 25.6 Å². The summed E-state index contributed by atoms with van der Waals surface area (Å²) in [6.07, 6.45) is 1.66. The summed E-state index contributed by atoms with van der Waals surface area (Å²) in [5.74, 6) is -2.72. The van der Waals surface area contributed by atoms with Crippen LogP contribution in [0.15, 0.2) is 71.8 Å². The van der Waals surface area contributed by atoms with Gasteiger partial charge in [0.1, 0.15) is 17.7 Å². The van der Waals surface area contributed by atoms with E-state index in [9.17, 15) is 27.6 Å². The van der Waals surface area contributed by atoms with E-state index in [1.807, 2.05) is 31.2 Å². The zero-order valence-corrected chi connectivity index (χ0v) is 32.2. The standard InChI is InChI=1S/C39H42FN9O6S/c1-23-21-41-38(45-34(23)42-26-6-5-7-28(20-26)56(54,55)46-39(2,3)4)43-25-9-11-27(12-10-25)48-18-16-47(17-19-48)22-24-8-13-29-32(33(24)40)37(53)49(36(29)52)30-14-15-31(50)44-35(30)51/h5-13,20-21,30,46H,14-19,22H2,1-4H3,(H,44,50,51)(H2,41,42,43,45). The van der Waals surface area contributed by atoms with Crippen LogP contribution in [0.2, 0.25) is 0 Å². The molecule has 2 saturated heterocycles. The lowest BCUT2D eigenvalue weighted by Gasteiger charge is -2.36. The Kier molecular flexibility index (Phi) is 10.3. The minimum Gasteiger partial charge on any atom is -0.369 e. The smallest absolute Gasteiger partial charge is 0.265 e. The number of hydrogen-bond acceptors (Lipinski definition) is 12. The normalized spacial score (nSPS) is 17.9. The molecule has 1 atom stereocenters. The maximum Gasteiger partial charge on any atom is 0.265 e. The highest BCUT2D eigenvalue weighted by Crippen LogP contribution is 2.32. The Morgan fingerprint density at radius 1 is 0.911 bits per heavy atom. The van der Waals surface area contributed by atoms with Crippen molar-refractivity contribution in [2.75, 3.05) is 41.7 Å². The predicted molar refractivity (Wildman–Crippen MR) is 207 cm³/mol. The van der Waals surface area contributed by atoms with Gasteiger partial charge in [0.2, 0.25) is 27.8 Å². The molecule has 0 radical (unpaired) electrons. The average molecular weight is 784 g/mol. The molecule has 17 heteroatoms. The number of nitrogens with one attached hydrogen (secondary N) is 4. The summed E-state index contributed by atoms with van der Waals surface area (Å²) in [6.45, 7) is 10.0. The number of halogens is 1. The van der Waals surface area contributed by atoms with Crippen molar-refractivity contribution >= 4 is 62.5 Å². The predicted octanol–water partition coefficient (Wildman–Crippen LogP) is 4.21. The summed E-state index contributed by atoms with van der Waals surface area (Å²) in [7, 11) is -3.73.